The zero-order chi connectivity index (χ0) is 13.8. The van der Waals surface area contributed by atoms with Crippen LogP contribution in [0.2, 0.25) is 0 Å². The molecule has 19 heavy (non-hydrogen) atoms. The van der Waals surface area contributed by atoms with E-state index in [1.54, 1.807) is 0 Å². The Hall–Kier alpha value is -1.60. The summed E-state index contributed by atoms with van der Waals surface area (Å²) in [4.78, 5) is 0. The maximum absolute atomic E-state index is 3.28. The standard InChI is InChI=1S/C18H23N/c1-13(2)15-8-10-16(11-9-15)18-7-5-6-17(12-18)14(3)19-4/h5-14,19H,1-4H3. The SMILES string of the molecule is CNC(C)c1cccc(-c2ccc(C(C)C)cc2)c1. The lowest BCUT2D eigenvalue weighted by atomic mass is 9.97. The smallest absolute Gasteiger partial charge is 0.0289 e. The normalized spacial score (nSPS) is 12.7. The molecule has 0 radical (unpaired) electrons. The van der Waals surface area contributed by atoms with Gasteiger partial charge in [0.05, 0.1) is 0 Å². The first-order valence-electron chi connectivity index (χ1n) is 6.99. The van der Waals surface area contributed by atoms with E-state index in [0.29, 0.717) is 12.0 Å². The van der Waals surface area contributed by atoms with E-state index < -0.39 is 0 Å². The molecule has 1 unspecified atom stereocenters. The van der Waals surface area contributed by atoms with E-state index in [2.05, 4.69) is 74.6 Å². The quantitative estimate of drug-likeness (QED) is 0.828. The molecule has 0 aromatic heterocycles. The third kappa shape index (κ3) is 3.24. The predicted molar refractivity (Wildman–Crippen MR) is 83.4 cm³/mol. The Kier molecular flexibility index (Phi) is 4.39. The Bertz CT molecular complexity index is 526. The molecule has 2 rings (SSSR count). The highest BCUT2D eigenvalue weighted by Gasteiger charge is 2.05. The summed E-state index contributed by atoms with van der Waals surface area (Å²) in [5, 5.41) is 3.28. The van der Waals surface area contributed by atoms with Gasteiger partial charge in [-0.05, 0) is 48.2 Å². The fraction of sp³-hybridized carbons (Fsp3) is 0.333. The molecule has 100 valence electrons. The van der Waals surface area contributed by atoms with Crippen molar-refractivity contribution in [3.05, 3.63) is 59.7 Å². The Labute approximate surface area is 116 Å². The molecule has 1 nitrogen and oxygen atoms in total. The van der Waals surface area contributed by atoms with Crippen LogP contribution in [0.15, 0.2) is 48.5 Å². The molecule has 2 aromatic carbocycles. The highest BCUT2D eigenvalue weighted by atomic mass is 14.8. The molecular formula is C18H23N. The van der Waals surface area contributed by atoms with Crippen LogP contribution >= 0.6 is 0 Å². The van der Waals surface area contributed by atoms with Crippen LogP contribution in [0.4, 0.5) is 0 Å². The number of nitrogens with one attached hydrogen (secondary N) is 1. The molecule has 1 heteroatoms. The van der Waals surface area contributed by atoms with Crippen LogP contribution in [-0.4, -0.2) is 7.05 Å². The minimum Gasteiger partial charge on any atom is -0.313 e. The van der Waals surface area contributed by atoms with Crippen LogP contribution in [0.1, 0.15) is 43.9 Å². The van der Waals surface area contributed by atoms with E-state index in [4.69, 9.17) is 0 Å². The molecule has 0 fully saturated rings. The topological polar surface area (TPSA) is 12.0 Å². The molecule has 0 saturated heterocycles. The molecule has 0 saturated carbocycles. The van der Waals surface area contributed by atoms with Crippen molar-refractivity contribution in [1.82, 2.24) is 5.32 Å². The van der Waals surface area contributed by atoms with Crippen molar-refractivity contribution in [3.8, 4) is 11.1 Å². The van der Waals surface area contributed by atoms with Gasteiger partial charge < -0.3 is 5.32 Å². The van der Waals surface area contributed by atoms with Gasteiger partial charge in [0.2, 0.25) is 0 Å². The van der Waals surface area contributed by atoms with Crippen LogP contribution in [0, 0.1) is 0 Å². The lowest BCUT2D eigenvalue weighted by molar-refractivity contribution is 0.652. The van der Waals surface area contributed by atoms with Gasteiger partial charge in [-0.25, -0.2) is 0 Å². The largest absolute Gasteiger partial charge is 0.313 e. The van der Waals surface area contributed by atoms with Gasteiger partial charge >= 0.3 is 0 Å². The zero-order valence-corrected chi connectivity index (χ0v) is 12.3. The van der Waals surface area contributed by atoms with Crippen LogP contribution < -0.4 is 5.32 Å². The third-order valence-corrected chi connectivity index (χ3v) is 3.73. The van der Waals surface area contributed by atoms with Gasteiger partial charge in [-0.1, -0.05) is 56.3 Å². The Morgan fingerprint density at radius 2 is 1.47 bits per heavy atom. The lowest BCUT2D eigenvalue weighted by Gasteiger charge is -2.13. The highest BCUT2D eigenvalue weighted by Crippen LogP contribution is 2.25. The Balaban J connectivity index is 2.31. The predicted octanol–water partition coefficient (Wildman–Crippen LogP) is 4.76. The van der Waals surface area contributed by atoms with Crippen molar-refractivity contribution < 1.29 is 0 Å². The minimum atomic E-state index is 0.384. The maximum Gasteiger partial charge on any atom is 0.0289 e. The first kappa shape index (κ1) is 13.8. The van der Waals surface area contributed by atoms with E-state index in [0.717, 1.165) is 0 Å². The minimum absolute atomic E-state index is 0.384. The Morgan fingerprint density at radius 3 is 2.05 bits per heavy atom. The molecule has 1 atom stereocenters. The van der Waals surface area contributed by atoms with E-state index in [9.17, 15) is 0 Å². The molecule has 0 heterocycles. The van der Waals surface area contributed by atoms with Gasteiger partial charge in [-0.3, -0.25) is 0 Å². The van der Waals surface area contributed by atoms with E-state index in [-0.39, 0.29) is 0 Å². The third-order valence-electron chi connectivity index (χ3n) is 3.73. The summed E-state index contributed by atoms with van der Waals surface area (Å²) >= 11 is 0. The monoisotopic (exact) mass is 253 g/mol. The van der Waals surface area contributed by atoms with Crippen molar-refractivity contribution in [2.45, 2.75) is 32.7 Å². The highest BCUT2D eigenvalue weighted by molar-refractivity contribution is 5.64. The molecule has 2 aromatic rings. The number of hydrogen-bond donors (Lipinski definition) is 1. The van der Waals surface area contributed by atoms with E-state index in [1.165, 1.54) is 22.3 Å². The second kappa shape index (κ2) is 6.03. The number of rotatable bonds is 4. The van der Waals surface area contributed by atoms with Crippen LogP contribution in [-0.2, 0) is 0 Å². The summed E-state index contributed by atoms with van der Waals surface area (Å²) in [6.45, 7) is 6.63. The first-order chi connectivity index (χ1) is 9.11. The van der Waals surface area contributed by atoms with Gasteiger partial charge in [0.25, 0.3) is 0 Å². The summed E-state index contributed by atoms with van der Waals surface area (Å²) in [7, 11) is 1.99. The Morgan fingerprint density at radius 1 is 0.789 bits per heavy atom. The first-order valence-corrected chi connectivity index (χ1v) is 6.99. The average molecular weight is 253 g/mol. The lowest BCUT2D eigenvalue weighted by Crippen LogP contribution is -2.12. The molecule has 0 spiro atoms. The summed E-state index contributed by atoms with van der Waals surface area (Å²) in [5.41, 5.74) is 5.29. The fourth-order valence-corrected chi connectivity index (χ4v) is 2.21. The van der Waals surface area contributed by atoms with Gasteiger partial charge in [-0.15, -0.1) is 0 Å². The van der Waals surface area contributed by atoms with E-state index >= 15 is 0 Å². The van der Waals surface area contributed by atoms with Crippen molar-refractivity contribution in [2.75, 3.05) is 7.05 Å². The van der Waals surface area contributed by atoms with Crippen LogP contribution in [0.25, 0.3) is 11.1 Å². The summed E-state index contributed by atoms with van der Waals surface area (Å²) in [5.74, 6) is 0.588. The summed E-state index contributed by atoms with van der Waals surface area (Å²) < 4.78 is 0. The molecule has 0 aliphatic heterocycles. The second-order valence-electron chi connectivity index (χ2n) is 5.41. The molecular weight excluding hydrogens is 230 g/mol. The number of hydrogen-bond acceptors (Lipinski definition) is 1. The molecule has 0 aliphatic carbocycles. The molecule has 0 aliphatic rings. The van der Waals surface area contributed by atoms with Gasteiger partial charge in [0.1, 0.15) is 0 Å². The zero-order valence-electron chi connectivity index (χ0n) is 12.3. The summed E-state index contributed by atoms with van der Waals surface area (Å²) in [6, 6.07) is 18.0. The van der Waals surface area contributed by atoms with Gasteiger partial charge in [0, 0.05) is 6.04 Å². The molecule has 0 bridgehead atoms. The van der Waals surface area contributed by atoms with Crippen molar-refractivity contribution in [1.29, 1.82) is 0 Å². The van der Waals surface area contributed by atoms with E-state index in [1.807, 2.05) is 7.05 Å². The van der Waals surface area contributed by atoms with Gasteiger partial charge in [0.15, 0.2) is 0 Å². The fourth-order valence-electron chi connectivity index (χ4n) is 2.21. The number of benzene rings is 2. The van der Waals surface area contributed by atoms with Crippen LogP contribution in [0.3, 0.4) is 0 Å². The van der Waals surface area contributed by atoms with Crippen molar-refractivity contribution >= 4 is 0 Å². The second-order valence-corrected chi connectivity index (χ2v) is 5.41. The van der Waals surface area contributed by atoms with Crippen LogP contribution in [0.5, 0.6) is 0 Å². The van der Waals surface area contributed by atoms with Crippen molar-refractivity contribution in [3.63, 3.8) is 0 Å². The average Bonchev–Trinajstić information content (AvgIpc) is 2.46. The maximum atomic E-state index is 3.28. The van der Waals surface area contributed by atoms with Crippen molar-refractivity contribution in [2.24, 2.45) is 0 Å². The van der Waals surface area contributed by atoms with Gasteiger partial charge in [-0.2, -0.15) is 0 Å². The molecule has 1 N–H and O–H groups in total. The molecule has 0 amide bonds. The summed E-state index contributed by atoms with van der Waals surface area (Å²) in [6.07, 6.45) is 0.